The van der Waals surface area contributed by atoms with Gasteiger partial charge in [0.1, 0.15) is 30.0 Å². The fourth-order valence-corrected chi connectivity index (χ4v) is 2.28. The Hall–Kier alpha value is -2.87. The molecule has 26 heavy (non-hydrogen) atoms. The van der Waals surface area contributed by atoms with E-state index in [1.165, 1.54) is 13.8 Å². The van der Waals surface area contributed by atoms with Gasteiger partial charge in [-0.3, -0.25) is 4.79 Å². The van der Waals surface area contributed by atoms with E-state index in [2.05, 4.69) is 13.2 Å². The minimum atomic E-state index is -2.06. The molecule has 0 amide bonds. The Balaban J connectivity index is 3.04. The first-order valence-electron chi connectivity index (χ1n) is 7.70. The van der Waals surface area contributed by atoms with Gasteiger partial charge in [0, 0.05) is 17.6 Å². The van der Waals surface area contributed by atoms with Crippen molar-refractivity contribution in [2.24, 2.45) is 5.92 Å². The Bertz CT molecular complexity index is 687. The highest BCUT2D eigenvalue weighted by molar-refractivity contribution is 5.87. The Morgan fingerprint density at radius 2 is 1.81 bits per heavy atom. The predicted molar refractivity (Wildman–Crippen MR) is 91.0 cm³/mol. The molecule has 0 spiro atoms. The largest absolute Gasteiger partial charge is 0.508 e. The number of hydrogen-bond donors (Lipinski definition) is 3. The van der Waals surface area contributed by atoms with Crippen LogP contribution >= 0.6 is 0 Å². The molecule has 3 N–H and O–H groups in total. The van der Waals surface area contributed by atoms with E-state index in [0.717, 1.165) is 18.2 Å². The molecule has 3 atom stereocenters. The fourth-order valence-electron chi connectivity index (χ4n) is 2.28. The smallest absolute Gasteiger partial charge is 0.333 e. The van der Waals surface area contributed by atoms with Crippen molar-refractivity contribution in [2.45, 2.75) is 32.0 Å². The van der Waals surface area contributed by atoms with E-state index in [0.29, 0.717) is 0 Å². The summed E-state index contributed by atoms with van der Waals surface area (Å²) in [7, 11) is 0. The zero-order chi connectivity index (χ0) is 20.1. The van der Waals surface area contributed by atoms with Crippen molar-refractivity contribution in [3.63, 3.8) is 0 Å². The molecule has 142 valence electrons. The molecule has 0 aromatic rings. The second kappa shape index (κ2) is 8.48. The monoisotopic (exact) mass is 366 g/mol. The molecule has 0 aromatic heterocycles. The van der Waals surface area contributed by atoms with Gasteiger partial charge >= 0.3 is 17.9 Å². The van der Waals surface area contributed by atoms with Crippen molar-refractivity contribution in [3.8, 4) is 0 Å². The van der Waals surface area contributed by atoms with Crippen LogP contribution in [0, 0.1) is 5.92 Å². The second-order valence-corrected chi connectivity index (χ2v) is 6.13. The maximum absolute atomic E-state index is 11.8. The average molecular weight is 366 g/mol. The van der Waals surface area contributed by atoms with Crippen molar-refractivity contribution in [3.05, 3.63) is 48.3 Å². The summed E-state index contributed by atoms with van der Waals surface area (Å²) < 4.78 is 10.1. The highest BCUT2D eigenvalue weighted by atomic mass is 16.6. The fraction of sp³-hybridized carbons (Fsp3) is 0.389. The first kappa shape index (κ1) is 21.2. The average Bonchev–Trinajstić information content (AvgIpc) is 2.50. The van der Waals surface area contributed by atoms with Gasteiger partial charge in [-0.15, -0.1) is 0 Å². The van der Waals surface area contributed by atoms with E-state index >= 15 is 0 Å². The molecule has 1 rings (SSSR count). The van der Waals surface area contributed by atoms with Gasteiger partial charge in [0.2, 0.25) is 0 Å². The first-order chi connectivity index (χ1) is 12.0. The Morgan fingerprint density at radius 3 is 2.31 bits per heavy atom. The normalized spacial score (nSPS) is 22.7. The third-order valence-corrected chi connectivity index (χ3v) is 3.59. The van der Waals surface area contributed by atoms with Crippen LogP contribution in [-0.4, -0.2) is 51.5 Å². The summed E-state index contributed by atoms with van der Waals surface area (Å²) in [4.78, 5) is 34.8. The van der Waals surface area contributed by atoms with Gasteiger partial charge in [-0.2, -0.15) is 0 Å². The van der Waals surface area contributed by atoms with E-state index in [9.17, 15) is 29.7 Å². The van der Waals surface area contributed by atoms with Gasteiger partial charge in [0.25, 0.3) is 0 Å². The first-order valence-corrected chi connectivity index (χ1v) is 7.70. The molecule has 0 heterocycles. The number of aliphatic hydroxyl groups is 2. The summed E-state index contributed by atoms with van der Waals surface area (Å²) in [5.41, 5.74) is -1.86. The highest BCUT2D eigenvalue weighted by Gasteiger charge is 2.43. The zero-order valence-electron chi connectivity index (χ0n) is 14.6. The number of carboxylic acid groups (broad SMARTS) is 1. The molecule has 0 aromatic carbocycles. The molecule has 8 heteroatoms. The standard InChI is InChI=1S/C18H22O8/c1-10(2)16(22)25-9-13(26-17(23)11(3)4)8-18(24)7-12(19)5-6-14(18)15(20)21/h5-7,13-14,19,24H,1,3,8-9H2,2,4H3,(H,20,21). The van der Waals surface area contributed by atoms with E-state index in [1.54, 1.807) is 0 Å². The summed E-state index contributed by atoms with van der Waals surface area (Å²) in [5.74, 6) is -4.59. The van der Waals surface area contributed by atoms with E-state index in [4.69, 9.17) is 9.47 Å². The molecule has 0 radical (unpaired) electrons. The molecule has 0 bridgehead atoms. The summed E-state index contributed by atoms with van der Waals surface area (Å²) in [6.45, 7) is 9.26. The second-order valence-electron chi connectivity index (χ2n) is 6.13. The molecule has 0 saturated carbocycles. The third-order valence-electron chi connectivity index (χ3n) is 3.59. The summed E-state index contributed by atoms with van der Waals surface area (Å²) in [5, 5.41) is 29.6. The van der Waals surface area contributed by atoms with Gasteiger partial charge in [-0.05, 0) is 26.0 Å². The number of carboxylic acids is 1. The molecule has 3 unspecified atom stereocenters. The maximum atomic E-state index is 11.8. The van der Waals surface area contributed by atoms with Gasteiger partial charge in [0.05, 0.1) is 0 Å². The van der Waals surface area contributed by atoms with E-state index in [-0.39, 0.29) is 16.9 Å². The number of carbonyl (C=O) groups is 3. The lowest BCUT2D eigenvalue weighted by molar-refractivity contribution is -0.160. The van der Waals surface area contributed by atoms with Crippen LogP contribution in [0.2, 0.25) is 0 Å². The van der Waals surface area contributed by atoms with Crippen LogP contribution in [0.3, 0.4) is 0 Å². The van der Waals surface area contributed by atoms with Crippen molar-refractivity contribution >= 4 is 17.9 Å². The molecule has 0 fully saturated rings. The maximum Gasteiger partial charge on any atom is 0.333 e. The van der Waals surface area contributed by atoms with Crippen molar-refractivity contribution in [2.75, 3.05) is 6.61 Å². The number of allylic oxidation sites excluding steroid dienone is 1. The van der Waals surface area contributed by atoms with Crippen molar-refractivity contribution in [1.29, 1.82) is 0 Å². The molecule has 1 aliphatic carbocycles. The van der Waals surface area contributed by atoms with Crippen molar-refractivity contribution < 1.29 is 39.2 Å². The summed E-state index contributed by atoms with van der Waals surface area (Å²) >= 11 is 0. The highest BCUT2D eigenvalue weighted by Crippen LogP contribution is 2.32. The van der Waals surface area contributed by atoms with Crippen LogP contribution < -0.4 is 0 Å². The number of aliphatic hydroxyl groups excluding tert-OH is 1. The number of carbonyl (C=O) groups excluding carboxylic acids is 2. The number of hydrogen-bond acceptors (Lipinski definition) is 7. The van der Waals surface area contributed by atoms with Crippen LogP contribution in [0.25, 0.3) is 0 Å². The number of ether oxygens (including phenoxy) is 2. The topological polar surface area (TPSA) is 130 Å². The van der Waals surface area contributed by atoms with E-state index < -0.39 is 48.6 Å². The minimum Gasteiger partial charge on any atom is -0.508 e. The summed E-state index contributed by atoms with van der Waals surface area (Å²) in [6, 6.07) is 0. The van der Waals surface area contributed by atoms with E-state index in [1.807, 2.05) is 0 Å². The Morgan fingerprint density at radius 1 is 1.23 bits per heavy atom. The number of rotatable bonds is 8. The lowest BCUT2D eigenvalue weighted by atomic mass is 9.79. The van der Waals surface area contributed by atoms with Crippen molar-refractivity contribution in [1.82, 2.24) is 0 Å². The lowest BCUT2D eigenvalue weighted by Gasteiger charge is -2.34. The van der Waals surface area contributed by atoms with Gasteiger partial charge in [-0.1, -0.05) is 19.2 Å². The van der Waals surface area contributed by atoms with Gasteiger partial charge in [-0.25, -0.2) is 9.59 Å². The van der Waals surface area contributed by atoms with Crippen LogP contribution in [0.15, 0.2) is 48.3 Å². The molecular weight excluding hydrogens is 344 g/mol. The summed E-state index contributed by atoms with van der Waals surface area (Å²) in [6.07, 6.45) is 1.61. The zero-order valence-corrected chi connectivity index (χ0v) is 14.6. The third kappa shape index (κ3) is 5.59. The predicted octanol–water partition coefficient (Wildman–Crippen LogP) is 1.43. The quantitative estimate of drug-likeness (QED) is 0.434. The molecule has 0 aliphatic heterocycles. The van der Waals surface area contributed by atoms with Crippen LogP contribution in [0.1, 0.15) is 20.3 Å². The number of esters is 2. The SMILES string of the molecule is C=C(C)C(=O)OCC(CC1(O)C=C(O)C=CC1C(=O)O)OC(=O)C(=C)C. The minimum absolute atomic E-state index is 0.0740. The lowest BCUT2D eigenvalue weighted by Crippen LogP contribution is -2.46. The van der Waals surface area contributed by atoms with Crippen LogP contribution in [0.4, 0.5) is 0 Å². The molecular formula is C18H22O8. The van der Waals surface area contributed by atoms with Crippen LogP contribution in [-0.2, 0) is 23.9 Å². The molecule has 0 saturated heterocycles. The van der Waals surface area contributed by atoms with Gasteiger partial charge in [0.15, 0.2) is 0 Å². The Labute approximate surface area is 150 Å². The van der Waals surface area contributed by atoms with Crippen LogP contribution in [0.5, 0.6) is 0 Å². The molecule has 8 nitrogen and oxygen atoms in total. The Kier molecular flexibility index (Phi) is 6.91. The molecule has 1 aliphatic rings. The number of aliphatic carboxylic acids is 1. The van der Waals surface area contributed by atoms with Gasteiger partial charge < -0.3 is 24.8 Å².